The Labute approximate surface area is 164 Å². The Morgan fingerprint density at radius 3 is 3.00 bits per heavy atom. The van der Waals surface area contributed by atoms with E-state index in [-0.39, 0.29) is 17.7 Å². The van der Waals surface area contributed by atoms with Crippen LogP contribution in [0.4, 0.5) is 5.69 Å². The van der Waals surface area contributed by atoms with Crippen LogP contribution in [-0.4, -0.2) is 50.5 Å². The number of rotatable bonds is 4. The fraction of sp³-hybridized carbons (Fsp3) is 0.333. The lowest BCUT2D eigenvalue weighted by Crippen LogP contribution is -2.41. The molecule has 2 aliphatic heterocycles. The van der Waals surface area contributed by atoms with Crippen LogP contribution < -0.4 is 15.2 Å². The number of nitrogens with one attached hydrogen (secondary N) is 1. The third kappa shape index (κ3) is 3.81. The van der Waals surface area contributed by atoms with Crippen LogP contribution in [0.2, 0.25) is 0 Å². The highest BCUT2D eigenvalue weighted by molar-refractivity contribution is 7.85. The first-order valence-corrected chi connectivity index (χ1v) is 10.1. The molecule has 0 aliphatic carbocycles. The minimum atomic E-state index is -1.57. The van der Waals surface area contributed by atoms with Gasteiger partial charge in [-0.05, 0) is 25.0 Å². The maximum Gasteiger partial charge on any atom is 0.257 e. The predicted octanol–water partition coefficient (Wildman–Crippen LogP) is 1.12. The molecule has 9 nitrogen and oxygen atoms in total. The quantitative estimate of drug-likeness (QED) is 0.793. The Balaban J connectivity index is 1.43. The summed E-state index contributed by atoms with van der Waals surface area (Å²) < 4.78 is 24.3. The second-order valence-electron chi connectivity index (χ2n) is 6.70. The van der Waals surface area contributed by atoms with Crippen LogP contribution in [-0.2, 0) is 11.2 Å². The van der Waals surface area contributed by atoms with Crippen molar-refractivity contribution in [2.75, 3.05) is 24.4 Å². The van der Waals surface area contributed by atoms with Crippen molar-refractivity contribution in [1.29, 1.82) is 0 Å². The summed E-state index contributed by atoms with van der Waals surface area (Å²) in [5.74, 6) is 0.905. The van der Waals surface area contributed by atoms with E-state index in [9.17, 15) is 9.00 Å². The molecule has 146 valence electrons. The number of hydrogen-bond acceptors (Lipinski definition) is 6. The molecule has 3 N–H and O–H groups in total. The molecule has 3 heterocycles. The lowest BCUT2D eigenvalue weighted by Gasteiger charge is -2.32. The first-order chi connectivity index (χ1) is 13.6. The van der Waals surface area contributed by atoms with E-state index >= 15 is 0 Å². The van der Waals surface area contributed by atoms with Crippen LogP contribution in [0.1, 0.15) is 28.8 Å². The third-order valence-corrected chi connectivity index (χ3v) is 5.51. The Kier molecular flexibility index (Phi) is 5.20. The second kappa shape index (κ2) is 7.93. The van der Waals surface area contributed by atoms with Crippen LogP contribution in [0.15, 0.2) is 41.3 Å². The van der Waals surface area contributed by atoms with Crippen molar-refractivity contribution < 1.29 is 13.7 Å². The molecule has 2 aromatic rings. The molecule has 2 atom stereocenters. The number of nitrogens with two attached hydrogens (primary N) is 1. The van der Waals surface area contributed by atoms with Gasteiger partial charge in [-0.15, -0.1) is 0 Å². The smallest absolute Gasteiger partial charge is 0.257 e. The first kappa shape index (κ1) is 18.4. The topological polar surface area (TPSA) is 123 Å². The largest absolute Gasteiger partial charge is 0.492 e. The van der Waals surface area contributed by atoms with Crippen molar-refractivity contribution >= 4 is 28.6 Å². The highest BCUT2D eigenvalue weighted by Gasteiger charge is 2.26. The summed E-state index contributed by atoms with van der Waals surface area (Å²) >= 11 is -1.57. The van der Waals surface area contributed by atoms with Crippen molar-refractivity contribution in [1.82, 2.24) is 14.9 Å². The number of aromatic nitrogens is 2. The molecule has 28 heavy (non-hydrogen) atoms. The second-order valence-corrected chi connectivity index (χ2v) is 7.59. The zero-order chi connectivity index (χ0) is 19.5. The monoisotopic (exact) mass is 400 g/mol. The Morgan fingerprint density at radius 2 is 2.18 bits per heavy atom. The first-order valence-electron chi connectivity index (χ1n) is 8.95. The molecule has 1 fully saturated rings. The van der Waals surface area contributed by atoms with Gasteiger partial charge in [0.15, 0.2) is 0 Å². The van der Waals surface area contributed by atoms with Gasteiger partial charge >= 0.3 is 0 Å². The standard InChI is InChI=1S/C18H20N6O3S/c19-17-16-14(22-28(26)23-17)4-1-5-15(16)27-10-12-3-2-6-24(9-12)18(25)13-7-20-11-21-8-13/h1,4-5,7-8,11-12,22H,2-3,6,9-10H2,(H2,19,23). The minimum Gasteiger partial charge on any atom is -0.492 e. The minimum absolute atomic E-state index is 0.0644. The van der Waals surface area contributed by atoms with E-state index in [0.717, 1.165) is 12.8 Å². The number of anilines is 1. The SMILES string of the molecule is NC1=NS(=O)Nc2cccc(OCC3CCCN(C(=O)c4cncnc4)C3)c21. The van der Waals surface area contributed by atoms with Gasteiger partial charge in [-0.1, -0.05) is 6.07 Å². The Morgan fingerprint density at radius 1 is 1.36 bits per heavy atom. The highest BCUT2D eigenvalue weighted by Crippen LogP contribution is 2.30. The third-order valence-electron chi connectivity index (χ3n) is 4.75. The zero-order valence-electron chi connectivity index (χ0n) is 15.1. The molecule has 1 aromatic carbocycles. The molecule has 2 unspecified atom stereocenters. The van der Waals surface area contributed by atoms with Crippen molar-refractivity contribution in [3.8, 4) is 5.75 Å². The van der Waals surface area contributed by atoms with Crippen LogP contribution >= 0.6 is 0 Å². The Bertz CT molecular complexity index is 936. The number of carbonyl (C=O) groups is 1. The number of amidine groups is 1. The van der Waals surface area contributed by atoms with Gasteiger partial charge in [-0.3, -0.25) is 9.52 Å². The number of carbonyl (C=O) groups excluding carboxylic acids is 1. The number of ether oxygens (including phenoxy) is 1. The molecule has 0 radical (unpaired) electrons. The van der Waals surface area contributed by atoms with Gasteiger partial charge in [0.05, 0.1) is 23.4 Å². The van der Waals surface area contributed by atoms with E-state index in [0.29, 0.717) is 42.3 Å². The van der Waals surface area contributed by atoms with Gasteiger partial charge in [0, 0.05) is 31.4 Å². The van der Waals surface area contributed by atoms with E-state index in [1.54, 1.807) is 6.07 Å². The van der Waals surface area contributed by atoms with E-state index in [2.05, 4.69) is 19.1 Å². The predicted molar refractivity (Wildman–Crippen MR) is 105 cm³/mol. The lowest BCUT2D eigenvalue weighted by molar-refractivity contribution is 0.0632. The summed E-state index contributed by atoms with van der Waals surface area (Å²) in [6.45, 7) is 1.76. The van der Waals surface area contributed by atoms with Gasteiger partial charge in [0.25, 0.3) is 5.91 Å². The molecule has 1 amide bonds. The summed E-state index contributed by atoms with van der Waals surface area (Å²) in [4.78, 5) is 22.3. The molecule has 0 bridgehead atoms. The summed E-state index contributed by atoms with van der Waals surface area (Å²) in [6, 6.07) is 5.40. The normalized spacial score (nSPS) is 21.3. The van der Waals surface area contributed by atoms with E-state index in [4.69, 9.17) is 10.5 Å². The summed E-state index contributed by atoms with van der Waals surface area (Å²) in [5, 5.41) is 0. The number of likely N-dealkylation sites (tertiary alicyclic amines) is 1. The van der Waals surface area contributed by atoms with Crippen molar-refractivity contribution in [3.05, 3.63) is 48.0 Å². The van der Waals surface area contributed by atoms with Crippen LogP contribution in [0.3, 0.4) is 0 Å². The van der Waals surface area contributed by atoms with E-state index < -0.39 is 11.2 Å². The molecule has 2 aliphatic rings. The highest BCUT2D eigenvalue weighted by atomic mass is 32.2. The molecule has 4 rings (SSSR count). The van der Waals surface area contributed by atoms with Crippen molar-refractivity contribution in [2.45, 2.75) is 12.8 Å². The maximum absolute atomic E-state index is 12.6. The molecular weight excluding hydrogens is 380 g/mol. The molecule has 1 aromatic heterocycles. The van der Waals surface area contributed by atoms with Gasteiger partial charge in [0.1, 0.15) is 17.9 Å². The molecule has 0 saturated carbocycles. The molecule has 0 spiro atoms. The van der Waals surface area contributed by atoms with Gasteiger partial charge in [-0.25, -0.2) is 14.2 Å². The fourth-order valence-corrected chi connectivity index (χ4v) is 4.11. The molecular formula is C18H20N6O3S. The van der Waals surface area contributed by atoms with Crippen molar-refractivity contribution in [3.63, 3.8) is 0 Å². The number of piperidine rings is 1. The summed E-state index contributed by atoms with van der Waals surface area (Å²) in [6.07, 6.45) is 6.35. The Hall–Kier alpha value is -3.01. The average molecular weight is 400 g/mol. The van der Waals surface area contributed by atoms with E-state index in [1.165, 1.54) is 18.7 Å². The van der Waals surface area contributed by atoms with Crippen molar-refractivity contribution in [2.24, 2.45) is 16.0 Å². The van der Waals surface area contributed by atoms with Gasteiger partial charge in [-0.2, -0.15) is 4.40 Å². The van der Waals surface area contributed by atoms with Gasteiger partial charge in [0.2, 0.25) is 11.2 Å². The number of amides is 1. The van der Waals surface area contributed by atoms with Gasteiger partial charge < -0.3 is 15.4 Å². The summed E-state index contributed by atoms with van der Waals surface area (Å²) in [5.41, 5.74) is 7.68. The maximum atomic E-state index is 12.6. The number of hydrogen-bond donors (Lipinski definition) is 2. The van der Waals surface area contributed by atoms with Crippen LogP contribution in [0.25, 0.3) is 0 Å². The van der Waals surface area contributed by atoms with Crippen LogP contribution in [0.5, 0.6) is 5.75 Å². The number of benzene rings is 1. The number of nitrogens with zero attached hydrogens (tertiary/aromatic N) is 4. The number of fused-ring (bicyclic) bond motifs is 1. The van der Waals surface area contributed by atoms with E-state index in [1.807, 2.05) is 17.0 Å². The lowest BCUT2D eigenvalue weighted by atomic mass is 9.98. The average Bonchev–Trinajstić information content (AvgIpc) is 2.72. The molecule has 1 saturated heterocycles. The summed E-state index contributed by atoms with van der Waals surface area (Å²) in [7, 11) is 0. The van der Waals surface area contributed by atoms with Crippen LogP contribution in [0, 0.1) is 5.92 Å². The zero-order valence-corrected chi connectivity index (χ0v) is 15.9. The molecule has 10 heteroatoms. The fourth-order valence-electron chi connectivity index (χ4n) is 3.44.